The average Bonchev–Trinajstić information content (AvgIpc) is 2.67. The van der Waals surface area contributed by atoms with Gasteiger partial charge in [0, 0.05) is 52.1 Å². The van der Waals surface area contributed by atoms with Gasteiger partial charge in [0.1, 0.15) is 0 Å². The molecule has 1 heterocycles. The molecule has 0 aliphatic carbocycles. The van der Waals surface area contributed by atoms with Gasteiger partial charge in [-0.25, -0.2) is 0 Å². The van der Waals surface area contributed by atoms with Gasteiger partial charge in [0.25, 0.3) is 0 Å². The zero-order valence-electron chi connectivity index (χ0n) is 10.4. The topological polar surface area (TPSA) is 42.3 Å². The number of nitrogens with zero attached hydrogens (tertiary/aromatic N) is 3. The monoisotopic (exact) mass is 226 g/mol. The van der Waals surface area contributed by atoms with E-state index in [0.29, 0.717) is 0 Å². The highest BCUT2D eigenvalue weighted by Gasteiger charge is 1.98. The van der Waals surface area contributed by atoms with E-state index in [1.165, 1.54) is 5.56 Å². The van der Waals surface area contributed by atoms with E-state index in [0.717, 1.165) is 32.8 Å². The van der Waals surface area contributed by atoms with Gasteiger partial charge in [-0.1, -0.05) is 0 Å². The van der Waals surface area contributed by atoms with Gasteiger partial charge in [-0.15, -0.1) is 0 Å². The van der Waals surface area contributed by atoms with E-state index in [-0.39, 0.29) is 0 Å². The average molecular weight is 226 g/mol. The number of ether oxygens (including phenoxy) is 1. The van der Waals surface area contributed by atoms with Crippen LogP contribution in [0.5, 0.6) is 0 Å². The van der Waals surface area contributed by atoms with Crippen molar-refractivity contribution in [2.24, 2.45) is 7.05 Å². The molecule has 16 heavy (non-hydrogen) atoms. The van der Waals surface area contributed by atoms with Crippen LogP contribution in [-0.2, 0) is 18.3 Å². The fourth-order valence-electron chi connectivity index (χ4n) is 1.42. The molecular weight excluding hydrogens is 204 g/mol. The Morgan fingerprint density at radius 2 is 2.31 bits per heavy atom. The van der Waals surface area contributed by atoms with E-state index in [1.807, 2.05) is 24.1 Å². The third-order valence-corrected chi connectivity index (χ3v) is 2.43. The molecule has 0 amide bonds. The minimum atomic E-state index is 0.791. The largest absolute Gasteiger partial charge is 0.383 e. The molecule has 1 rings (SSSR count). The Hall–Kier alpha value is -0.910. The second-order valence-corrected chi connectivity index (χ2v) is 4.00. The molecule has 0 aliphatic heterocycles. The van der Waals surface area contributed by atoms with Crippen LogP contribution in [0.2, 0.25) is 0 Å². The molecule has 0 spiro atoms. The van der Waals surface area contributed by atoms with Crippen molar-refractivity contribution in [1.82, 2.24) is 20.0 Å². The zero-order valence-corrected chi connectivity index (χ0v) is 10.4. The lowest BCUT2D eigenvalue weighted by Crippen LogP contribution is -2.31. The van der Waals surface area contributed by atoms with E-state index in [9.17, 15) is 0 Å². The van der Waals surface area contributed by atoms with Crippen LogP contribution >= 0.6 is 0 Å². The van der Waals surface area contributed by atoms with Crippen LogP contribution in [0.3, 0.4) is 0 Å². The van der Waals surface area contributed by atoms with Gasteiger partial charge in [-0.2, -0.15) is 5.10 Å². The Bertz CT molecular complexity index is 287. The first-order chi connectivity index (χ1) is 7.72. The first kappa shape index (κ1) is 13.2. The van der Waals surface area contributed by atoms with Crippen molar-refractivity contribution in [1.29, 1.82) is 0 Å². The Labute approximate surface area is 97.4 Å². The highest BCUT2D eigenvalue weighted by Crippen LogP contribution is 1.94. The lowest BCUT2D eigenvalue weighted by molar-refractivity contribution is 0.161. The summed E-state index contributed by atoms with van der Waals surface area (Å²) in [5.74, 6) is 0. The predicted octanol–water partition coefficient (Wildman–Crippen LogP) is 0.0879. The molecule has 1 aromatic rings. The number of rotatable bonds is 8. The molecule has 5 nitrogen and oxygen atoms in total. The molecule has 1 N–H and O–H groups in total. The van der Waals surface area contributed by atoms with Crippen molar-refractivity contribution in [2.75, 3.05) is 40.4 Å². The lowest BCUT2D eigenvalue weighted by Gasteiger charge is -2.15. The summed E-state index contributed by atoms with van der Waals surface area (Å²) in [5.41, 5.74) is 1.22. The highest BCUT2D eigenvalue weighted by molar-refractivity contribution is 5.02. The van der Waals surface area contributed by atoms with Crippen molar-refractivity contribution in [3.8, 4) is 0 Å². The van der Waals surface area contributed by atoms with E-state index >= 15 is 0 Å². The predicted molar refractivity (Wildman–Crippen MR) is 64.3 cm³/mol. The SMILES string of the molecule is COCCN(C)CCNCc1cnn(C)c1. The molecule has 0 fully saturated rings. The van der Waals surface area contributed by atoms with Gasteiger partial charge < -0.3 is 15.0 Å². The fraction of sp³-hybridized carbons (Fsp3) is 0.727. The second kappa shape index (κ2) is 7.38. The summed E-state index contributed by atoms with van der Waals surface area (Å²) in [4.78, 5) is 2.25. The van der Waals surface area contributed by atoms with E-state index in [4.69, 9.17) is 4.74 Å². The van der Waals surface area contributed by atoms with E-state index in [1.54, 1.807) is 7.11 Å². The first-order valence-corrected chi connectivity index (χ1v) is 5.58. The van der Waals surface area contributed by atoms with Crippen molar-refractivity contribution in [3.63, 3.8) is 0 Å². The number of methoxy groups -OCH3 is 1. The summed E-state index contributed by atoms with van der Waals surface area (Å²) in [7, 11) is 5.77. The van der Waals surface area contributed by atoms with Gasteiger partial charge in [0.05, 0.1) is 12.8 Å². The van der Waals surface area contributed by atoms with Crippen molar-refractivity contribution < 1.29 is 4.74 Å². The summed E-state index contributed by atoms with van der Waals surface area (Å²) in [6.07, 6.45) is 3.92. The number of likely N-dealkylation sites (N-methyl/N-ethyl adjacent to an activating group) is 1. The molecule has 1 aromatic heterocycles. The maximum Gasteiger partial charge on any atom is 0.0589 e. The van der Waals surface area contributed by atoms with Gasteiger partial charge in [0.2, 0.25) is 0 Å². The van der Waals surface area contributed by atoms with E-state index < -0.39 is 0 Å². The van der Waals surface area contributed by atoms with Crippen LogP contribution in [0.4, 0.5) is 0 Å². The molecular formula is C11H22N4O. The summed E-state index contributed by atoms with van der Waals surface area (Å²) >= 11 is 0. The molecule has 0 radical (unpaired) electrons. The quantitative estimate of drug-likeness (QED) is 0.638. The van der Waals surface area contributed by atoms with Crippen LogP contribution in [0.25, 0.3) is 0 Å². The molecule has 0 aliphatic rings. The Balaban J connectivity index is 2.03. The van der Waals surface area contributed by atoms with Crippen molar-refractivity contribution in [2.45, 2.75) is 6.54 Å². The van der Waals surface area contributed by atoms with Gasteiger partial charge in [-0.05, 0) is 7.05 Å². The van der Waals surface area contributed by atoms with Gasteiger partial charge in [-0.3, -0.25) is 4.68 Å². The standard InChI is InChI=1S/C11H22N4O/c1-14(6-7-16-3)5-4-12-8-11-9-13-15(2)10-11/h9-10,12H,4-8H2,1-3H3. The third-order valence-electron chi connectivity index (χ3n) is 2.43. The third kappa shape index (κ3) is 5.25. The van der Waals surface area contributed by atoms with Crippen LogP contribution < -0.4 is 5.32 Å². The van der Waals surface area contributed by atoms with Crippen LogP contribution in [0.15, 0.2) is 12.4 Å². The van der Waals surface area contributed by atoms with Crippen molar-refractivity contribution >= 4 is 0 Å². The Morgan fingerprint density at radius 1 is 1.50 bits per heavy atom. The molecule has 92 valence electrons. The van der Waals surface area contributed by atoms with Crippen LogP contribution in [-0.4, -0.2) is 55.1 Å². The molecule has 0 unspecified atom stereocenters. The minimum absolute atomic E-state index is 0.791. The summed E-state index contributed by atoms with van der Waals surface area (Å²) in [6, 6.07) is 0. The molecule has 0 saturated carbocycles. The molecule has 0 bridgehead atoms. The van der Waals surface area contributed by atoms with E-state index in [2.05, 4.69) is 22.4 Å². The Morgan fingerprint density at radius 3 is 2.94 bits per heavy atom. The van der Waals surface area contributed by atoms with Gasteiger partial charge in [0.15, 0.2) is 0 Å². The Kier molecular flexibility index (Phi) is 6.07. The maximum absolute atomic E-state index is 5.02. The normalized spacial score (nSPS) is 11.2. The number of aryl methyl sites for hydroxylation is 1. The second-order valence-electron chi connectivity index (χ2n) is 4.00. The molecule has 0 atom stereocenters. The number of hydrogen-bond acceptors (Lipinski definition) is 4. The molecule has 5 heteroatoms. The van der Waals surface area contributed by atoms with Gasteiger partial charge >= 0.3 is 0 Å². The minimum Gasteiger partial charge on any atom is -0.383 e. The number of aromatic nitrogens is 2. The summed E-state index contributed by atoms with van der Waals surface area (Å²) in [6.45, 7) is 4.66. The highest BCUT2D eigenvalue weighted by atomic mass is 16.5. The molecule has 0 aromatic carbocycles. The van der Waals surface area contributed by atoms with Crippen LogP contribution in [0, 0.1) is 0 Å². The number of nitrogens with one attached hydrogen (secondary N) is 1. The maximum atomic E-state index is 5.02. The smallest absolute Gasteiger partial charge is 0.0589 e. The lowest BCUT2D eigenvalue weighted by atomic mass is 10.3. The number of hydrogen-bond donors (Lipinski definition) is 1. The first-order valence-electron chi connectivity index (χ1n) is 5.58. The van der Waals surface area contributed by atoms with Crippen molar-refractivity contribution in [3.05, 3.63) is 18.0 Å². The zero-order chi connectivity index (χ0) is 11.8. The molecule has 0 saturated heterocycles. The fourth-order valence-corrected chi connectivity index (χ4v) is 1.42. The summed E-state index contributed by atoms with van der Waals surface area (Å²) in [5, 5.41) is 7.51. The summed E-state index contributed by atoms with van der Waals surface area (Å²) < 4.78 is 6.84. The van der Waals surface area contributed by atoms with Crippen LogP contribution in [0.1, 0.15) is 5.56 Å².